The number of carbonyl (C=O) groups is 1. The van der Waals surface area contributed by atoms with Crippen molar-refractivity contribution in [2.24, 2.45) is 5.41 Å². The van der Waals surface area contributed by atoms with Gasteiger partial charge in [0.15, 0.2) is 5.78 Å². The van der Waals surface area contributed by atoms with Gasteiger partial charge in [0.1, 0.15) is 5.75 Å². The number of Topliss-reactive ketones (excluding diaryl/α,β-unsaturated/α-hetero) is 1. The fourth-order valence-corrected chi connectivity index (χ4v) is 3.57. The number of ketones is 1. The Morgan fingerprint density at radius 1 is 1.19 bits per heavy atom. The number of aromatic amines is 1. The van der Waals surface area contributed by atoms with Crippen molar-refractivity contribution in [1.82, 2.24) is 4.98 Å². The minimum absolute atomic E-state index is 0.0279. The number of ether oxygens (including phenoxy) is 1. The van der Waals surface area contributed by atoms with Crippen molar-refractivity contribution in [3.05, 3.63) is 82.7 Å². The molecule has 0 atom stereocenters. The van der Waals surface area contributed by atoms with Gasteiger partial charge in [0, 0.05) is 17.6 Å². The average Bonchev–Trinajstić information content (AvgIpc) is 3.02. The first kappa shape index (κ1) is 22.5. The standard InChI is InChI=1S/C22H19ClN2O5S/c1-22(2,3)19(26)12-20-24-21(27)18(31-20)11-13-8-9-17(15(10-13)25(28)29)30-16-7-5-4-6-14(16)23/h4-12H,1-3H3,(H,24,27)/b18-11+,20-12+. The molecule has 1 heterocycles. The lowest BCUT2D eigenvalue weighted by atomic mass is 9.91. The Labute approximate surface area is 186 Å². The first-order valence-electron chi connectivity index (χ1n) is 9.22. The minimum atomic E-state index is -0.567. The fourth-order valence-electron chi connectivity index (χ4n) is 2.51. The first-order valence-corrected chi connectivity index (χ1v) is 10.4. The third kappa shape index (κ3) is 5.48. The van der Waals surface area contributed by atoms with E-state index in [-0.39, 0.29) is 22.8 Å². The van der Waals surface area contributed by atoms with E-state index >= 15 is 0 Å². The number of benzene rings is 2. The molecule has 0 radical (unpaired) electrons. The number of thiazole rings is 1. The smallest absolute Gasteiger partial charge is 0.312 e. The lowest BCUT2D eigenvalue weighted by molar-refractivity contribution is -0.385. The van der Waals surface area contributed by atoms with Crippen LogP contribution in [0.15, 0.2) is 47.3 Å². The molecule has 0 aliphatic carbocycles. The number of hydrogen-bond acceptors (Lipinski definition) is 6. The second-order valence-corrected chi connectivity index (χ2v) is 9.20. The van der Waals surface area contributed by atoms with Gasteiger partial charge >= 0.3 is 5.69 Å². The fraction of sp³-hybridized carbons (Fsp3) is 0.182. The summed E-state index contributed by atoms with van der Waals surface area (Å²) in [6.07, 6.45) is 2.92. The Morgan fingerprint density at radius 3 is 2.55 bits per heavy atom. The molecule has 1 aromatic heterocycles. The first-order chi connectivity index (χ1) is 14.5. The SMILES string of the molecule is CC(C)(C)C(=O)/C=c1\[nH]c(=O)/c(=C\c2ccc(Oc3ccccc3Cl)c([N+](=O)[O-])c2)s1. The summed E-state index contributed by atoms with van der Waals surface area (Å²) in [6, 6.07) is 11.0. The number of halogens is 1. The van der Waals surface area contributed by atoms with Crippen LogP contribution >= 0.6 is 22.9 Å². The highest BCUT2D eigenvalue weighted by Crippen LogP contribution is 2.35. The van der Waals surface area contributed by atoms with Crippen LogP contribution in [0.2, 0.25) is 5.02 Å². The van der Waals surface area contributed by atoms with Gasteiger partial charge in [-0.1, -0.05) is 50.6 Å². The monoisotopic (exact) mass is 458 g/mol. The van der Waals surface area contributed by atoms with Gasteiger partial charge in [-0.2, -0.15) is 0 Å². The van der Waals surface area contributed by atoms with E-state index in [1.54, 1.807) is 51.1 Å². The van der Waals surface area contributed by atoms with Crippen LogP contribution in [0.4, 0.5) is 5.69 Å². The lowest BCUT2D eigenvalue weighted by Gasteiger charge is -2.12. The molecule has 3 aromatic rings. The van der Waals surface area contributed by atoms with Crippen molar-refractivity contribution >= 4 is 46.6 Å². The predicted molar refractivity (Wildman–Crippen MR) is 121 cm³/mol. The highest BCUT2D eigenvalue weighted by atomic mass is 35.5. The molecule has 1 N–H and O–H groups in total. The van der Waals surface area contributed by atoms with Crippen LogP contribution in [0.1, 0.15) is 26.3 Å². The quantitative estimate of drug-likeness (QED) is 0.459. The van der Waals surface area contributed by atoms with E-state index in [1.165, 1.54) is 24.3 Å². The maximum Gasteiger partial charge on any atom is 0.312 e. The Balaban J connectivity index is 2.01. The van der Waals surface area contributed by atoms with Crippen molar-refractivity contribution in [3.8, 4) is 11.5 Å². The van der Waals surface area contributed by atoms with Gasteiger partial charge in [0.05, 0.1) is 19.1 Å². The van der Waals surface area contributed by atoms with Gasteiger partial charge in [-0.25, -0.2) is 0 Å². The Bertz CT molecular complexity index is 1330. The summed E-state index contributed by atoms with van der Waals surface area (Å²) in [6.45, 7) is 5.36. The third-order valence-corrected chi connectivity index (χ3v) is 5.49. The molecule has 0 fully saturated rings. The predicted octanol–water partition coefficient (Wildman–Crippen LogP) is 4.01. The van der Waals surface area contributed by atoms with Crippen molar-refractivity contribution in [2.45, 2.75) is 20.8 Å². The summed E-state index contributed by atoms with van der Waals surface area (Å²) in [7, 11) is 0. The molecule has 9 heteroatoms. The Morgan fingerprint density at radius 2 is 1.90 bits per heavy atom. The zero-order valence-corrected chi connectivity index (χ0v) is 18.5. The minimum Gasteiger partial charge on any atom is -0.449 e. The molecule has 3 rings (SSSR count). The number of nitrogens with zero attached hydrogens (tertiary/aromatic N) is 1. The summed E-state index contributed by atoms with van der Waals surface area (Å²) in [5.41, 5.74) is -0.768. The Kier molecular flexibility index (Phi) is 6.42. The van der Waals surface area contributed by atoms with Gasteiger partial charge in [0.2, 0.25) is 5.75 Å². The normalized spacial score (nSPS) is 12.8. The molecule has 0 aliphatic rings. The molecule has 0 amide bonds. The highest BCUT2D eigenvalue weighted by Gasteiger charge is 2.19. The van der Waals surface area contributed by atoms with E-state index in [0.717, 1.165) is 11.3 Å². The molecule has 160 valence electrons. The highest BCUT2D eigenvalue weighted by molar-refractivity contribution is 7.07. The number of H-pyrrole nitrogens is 1. The molecule has 0 unspecified atom stereocenters. The van der Waals surface area contributed by atoms with Gasteiger partial charge in [-0.05, 0) is 29.8 Å². The largest absolute Gasteiger partial charge is 0.449 e. The number of para-hydroxylation sites is 1. The van der Waals surface area contributed by atoms with Gasteiger partial charge in [-0.3, -0.25) is 19.7 Å². The molecule has 2 aromatic carbocycles. The molecular weight excluding hydrogens is 440 g/mol. The van der Waals surface area contributed by atoms with Crippen molar-refractivity contribution in [1.29, 1.82) is 0 Å². The zero-order valence-electron chi connectivity index (χ0n) is 17.0. The maximum absolute atomic E-state index is 12.3. The number of rotatable bonds is 5. The van der Waals surface area contributed by atoms with Crippen LogP contribution in [-0.2, 0) is 4.79 Å². The van der Waals surface area contributed by atoms with Crippen LogP contribution in [0, 0.1) is 15.5 Å². The molecule has 31 heavy (non-hydrogen) atoms. The van der Waals surface area contributed by atoms with E-state index in [2.05, 4.69) is 4.98 Å². The number of carbonyl (C=O) groups excluding carboxylic acids is 1. The van der Waals surface area contributed by atoms with E-state index in [4.69, 9.17) is 16.3 Å². The van der Waals surface area contributed by atoms with E-state index in [1.807, 2.05) is 0 Å². The van der Waals surface area contributed by atoms with Gasteiger partial charge in [0.25, 0.3) is 5.56 Å². The van der Waals surface area contributed by atoms with Gasteiger partial charge in [-0.15, -0.1) is 11.3 Å². The molecule has 0 bridgehead atoms. The molecule has 7 nitrogen and oxygen atoms in total. The molecule has 0 saturated carbocycles. The topological polar surface area (TPSA) is 102 Å². The maximum atomic E-state index is 12.3. The van der Waals surface area contributed by atoms with Crippen LogP contribution in [0.5, 0.6) is 11.5 Å². The molecule has 0 aliphatic heterocycles. The van der Waals surface area contributed by atoms with Crippen LogP contribution in [0.25, 0.3) is 12.2 Å². The molecule has 0 saturated heterocycles. The van der Waals surface area contributed by atoms with Crippen molar-refractivity contribution < 1.29 is 14.5 Å². The average molecular weight is 459 g/mol. The van der Waals surface area contributed by atoms with E-state index in [9.17, 15) is 19.7 Å². The summed E-state index contributed by atoms with van der Waals surface area (Å²) < 4.78 is 6.36. The molecular formula is C22H19ClN2O5S. The number of aromatic nitrogens is 1. The lowest BCUT2D eigenvalue weighted by Crippen LogP contribution is -2.22. The number of nitrogens with one attached hydrogen (secondary N) is 1. The number of hydrogen-bond donors (Lipinski definition) is 1. The second-order valence-electron chi connectivity index (χ2n) is 7.70. The molecule has 0 spiro atoms. The van der Waals surface area contributed by atoms with Crippen LogP contribution in [0.3, 0.4) is 0 Å². The van der Waals surface area contributed by atoms with Crippen LogP contribution in [-0.4, -0.2) is 15.7 Å². The zero-order chi connectivity index (χ0) is 22.8. The third-order valence-electron chi connectivity index (χ3n) is 4.22. The number of nitro groups is 1. The van der Waals surface area contributed by atoms with Crippen molar-refractivity contribution in [2.75, 3.05) is 0 Å². The van der Waals surface area contributed by atoms with Crippen LogP contribution < -0.4 is 19.5 Å². The number of nitro benzene ring substituents is 1. The van der Waals surface area contributed by atoms with E-state index < -0.39 is 10.3 Å². The van der Waals surface area contributed by atoms with E-state index in [0.29, 0.717) is 25.5 Å². The summed E-state index contributed by atoms with van der Waals surface area (Å²) in [5, 5.41) is 11.9. The summed E-state index contributed by atoms with van der Waals surface area (Å²) in [5.74, 6) is 0.204. The second kappa shape index (κ2) is 8.87. The van der Waals surface area contributed by atoms with Gasteiger partial charge < -0.3 is 9.72 Å². The van der Waals surface area contributed by atoms with Crippen molar-refractivity contribution in [3.63, 3.8) is 0 Å². The summed E-state index contributed by atoms with van der Waals surface area (Å²) in [4.78, 5) is 38.1. The summed E-state index contributed by atoms with van der Waals surface area (Å²) >= 11 is 7.17. The Hall–Kier alpha value is -3.23.